The number of nitrogen functional groups attached to an aromatic ring is 1. The second-order valence-electron chi connectivity index (χ2n) is 4.60. The molecule has 0 radical (unpaired) electrons. The Morgan fingerprint density at radius 3 is 2.65 bits per heavy atom. The Hall–Kier alpha value is -1.22. The Balaban J connectivity index is 2.88. The molecule has 94 valence electrons. The maximum absolute atomic E-state index is 11.5. The number of nitrogens with two attached hydrogens (primary N) is 1. The largest absolute Gasteiger partial charge is 0.466 e. The highest BCUT2D eigenvalue weighted by atomic mass is 35.5. The van der Waals surface area contributed by atoms with Crippen molar-refractivity contribution in [3.63, 3.8) is 0 Å². The van der Waals surface area contributed by atoms with Crippen LogP contribution >= 0.6 is 11.6 Å². The van der Waals surface area contributed by atoms with Gasteiger partial charge in [-0.1, -0.05) is 31.5 Å². The van der Waals surface area contributed by atoms with E-state index < -0.39 is 0 Å². The van der Waals surface area contributed by atoms with Crippen molar-refractivity contribution in [2.75, 3.05) is 12.3 Å². The molecular formula is C13H18ClNO2. The molecule has 2 N–H and O–H groups in total. The van der Waals surface area contributed by atoms with Crippen LogP contribution in [0.1, 0.15) is 32.8 Å². The zero-order chi connectivity index (χ0) is 13.1. The van der Waals surface area contributed by atoms with E-state index in [-0.39, 0.29) is 11.4 Å². The van der Waals surface area contributed by atoms with Gasteiger partial charge in [0.2, 0.25) is 0 Å². The van der Waals surface area contributed by atoms with Crippen LogP contribution in [0.2, 0.25) is 5.02 Å². The van der Waals surface area contributed by atoms with Crippen LogP contribution in [0.5, 0.6) is 0 Å². The SMILES string of the molecule is CCOC(=O)CC(C)(C)c1ccc(Cl)c(N)c1. The molecule has 1 rings (SSSR count). The van der Waals surface area contributed by atoms with Gasteiger partial charge in [0, 0.05) is 5.41 Å². The number of benzene rings is 1. The number of hydrogen-bond donors (Lipinski definition) is 1. The van der Waals surface area contributed by atoms with Gasteiger partial charge in [-0.2, -0.15) is 0 Å². The van der Waals surface area contributed by atoms with E-state index in [0.29, 0.717) is 23.7 Å². The third-order valence-corrected chi connectivity index (χ3v) is 3.01. The van der Waals surface area contributed by atoms with Gasteiger partial charge in [0.25, 0.3) is 0 Å². The highest BCUT2D eigenvalue weighted by molar-refractivity contribution is 6.33. The van der Waals surface area contributed by atoms with E-state index in [4.69, 9.17) is 22.1 Å². The number of halogens is 1. The molecule has 0 amide bonds. The van der Waals surface area contributed by atoms with Crippen LogP contribution in [0, 0.1) is 0 Å². The number of carbonyl (C=O) groups excluding carboxylic acids is 1. The second kappa shape index (κ2) is 5.41. The van der Waals surface area contributed by atoms with E-state index in [9.17, 15) is 4.79 Å². The van der Waals surface area contributed by atoms with Gasteiger partial charge in [-0.3, -0.25) is 4.79 Å². The molecule has 0 saturated heterocycles. The molecular weight excluding hydrogens is 238 g/mol. The second-order valence-corrected chi connectivity index (χ2v) is 5.01. The maximum Gasteiger partial charge on any atom is 0.306 e. The summed E-state index contributed by atoms with van der Waals surface area (Å²) in [5, 5.41) is 0.528. The predicted octanol–water partition coefficient (Wildman–Crippen LogP) is 3.15. The van der Waals surface area contributed by atoms with E-state index in [1.807, 2.05) is 26.0 Å². The number of carbonyl (C=O) groups is 1. The third kappa shape index (κ3) is 3.63. The zero-order valence-corrected chi connectivity index (χ0v) is 11.2. The summed E-state index contributed by atoms with van der Waals surface area (Å²) >= 11 is 5.87. The van der Waals surface area contributed by atoms with Gasteiger partial charge in [0.15, 0.2) is 0 Å². The number of ether oxygens (including phenoxy) is 1. The average molecular weight is 256 g/mol. The molecule has 0 atom stereocenters. The van der Waals surface area contributed by atoms with Crippen molar-refractivity contribution in [3.05, 3.63) is 28.8 Å². The van der Waals surface area contributed by atoms with Crippen molar-refractivity contribution >= 4 is 23.3 Å². The first kappa shape index (κ1) is 13.8. The molecule has 0 aliphatic heterocycles. The molecule has 0 aliphatic carbocycles. The van der Waals surface area contributed by atoms with E-state index >= 15 is 0 Å². The molecule has 0 fully saturated rings. The van der Waals surface area contributed by atoms with Crippen molar-refractivity contribution in [1.29, 1.82) is 0 Å². The van der Waals surface area contributed by atoms with Crippen LogP contribution < -0.4 is 5.73 Å². The minimum absolute atomic E-state index is 0.203. The smallest absolute Gasteiger partial charge is 0.306 e. The number of esters is 1. The summed E-state index contributed by atoms with van der Waals surface area (Å²) in [6, 6.07) is 5.44. The molecule has 0 saturated carbocycles. The minimum atomic E-state index is -0.315. The normalized spacial score (nSPS) is 11.3. The van der Waals surface area contributed by atoms with Gasteiger partial charge in [-0.05, 0) is 24.6 Å². The van der Waals surface area contributed by atoms with Crippen LogP contribution in [-0.4, -0.2) is 12.6 Å². The average Bonchev–Trinajstić information content (AvgIpc) is 2.21. The predicted molar refractivity (Wildman–Crippen MR) is 70.1 cm³/mol. The molecule has 1 aromatic rings. The van der Waals surface area contributed by atoms with Gasteiger partial charge >= 0.3 is 5.97 Å². The van der Waals surface area contributed by atoms with Crippen LogP contribution in [-0.2, 0) is 14.9 Å². The van der Waals surface area contributed by atoms with Crippen LogP contribution in [0.4, 0.5) is 5.69 Å². The molecule has 17 heavy (non-hydrogen) atoms. The van der Waals surface area contributed by atoms with Crippen molar-refractivity contribution in [2.45, 2.75) is 32.6 Å². The molecule has 0 heterocycles. The number of anilines is 1. The fourth-order valence-corrected chi connectivity index (χ4v) is 1.76. The molecule has 0 spiro atoms. The molecule has 1 aromatic carbocycles. The molecule has 4 heteroatoms. The quantitative estimate of drug-likeness (QED) is 0.664. The van der Waals surface area contributed by atoms with E-state index in [2.05, 4.69) is 0 Å². The van der Waals surface area contributed by atoms with Crippen molar-refractivity contribution in [1.82, 2.24) is 0 Å². The van der Waals surface area contributed by atoms with E-state index in [1.54, 1.807) is 13.0 Å². The fraction of sp³-hybridized carbons (Fsp3) is 0.462. The van der Waals surface area contributed by atoms with E-state index in [1.165, 1.54) is 0 Å². The van der Waals surface area contributed by atoms with Gasteiger partial charge in [0.05, 0.1) is 23.7 Å². The summed E-state index contributed by atoms with van der Waals surface area (Å²) in [7, 11) is 0. The lowest BCUT2D eigenvalue weighted by molar-refractivity contribution is -0.144. The number of rotatable bonds is 4. The van der Waals surface area contributed by atoms with Gasteiger partial charge in [-0.25, -0.2) is 0 Å². The highest BCUT2D eigenvalue weighted by Crippen LogP contribution is 2.31. The van der Waals surface area contributed by atoms with Crippen molar-refractivity contribution in [3.8, 4) is 0 Å². The molecule has 3 nitrogen and oxygen atoms in total. The Morgan fingerprint density at radius 1 is 1.47 bits per heavy atom. The summed E-state index contributed by atoms with van der Waals surface area (Å²) < 4.78 is 4.96. The highest BCUT2D eigenvalue weighted by Gasteiger charge is 2.25. The maximum atomic E-state index is 11.5. The lowest BCUT2D eigenvalue weighted by atomic mass is 9.81. The van der Waals surface area contributed by atoms with Gasteiger partial charge in [0.1, 0.15) is 0 Å². The zero-order valence-electron chi connectivity index (χ0n) is 10.4. The lowest BCUT2D eigenvalue weighted by Gasteiger charge is -2.24. The number of hydrogen-bond acceptors (Lipinski definition) is 3. The molecule has 0 bridgehead atoms. The standard InChI is InChI=1S/C13H18ClNO2/c1-4-17-12(16)8-13(2,3)9-5-6-10(14)11(15)7-9/h5-7H,4,8,15H2,1-3H3. The summed E-state index contributed by atoms with van der Waals surface area (Å²) in [5.41, 5.74) is 6.95. The summed E-state index contributed by atoms with van der Waals surface area (Å²) in [6.45, 7) is 6.15. The van der Waals surface area contributed by atoms with Crippen molar-refractivity contribution < 1.29 is 9.53 Å². The monoisotopic (exact) mass is 255 g/mol. The van der Waals surface area contributed by atoms with Gasteiger partial charge in [-0.15, -0.1) is 0 Å². The third-order valence-electron chi connectivity index (χ3n) is 2.67. The van der Waals surface area contributed by atoms with Crippen LogP contribution in [0.3, 0.4) is 0 Å². The van der Waals surface area contributed by atoms with E-state index in [0.717, 1.165) is 5.56 Å². The minimum Gasteiger partial charge on any atom is -0.466 e. The van der Waals surface area contributed by atoms with Crippen LogP contribution in [0.25, 0.3) is 0 Å². The first-order chi connectivity index (χ1) is 7.86. The fourth-order valence-electron chi connectivity index (χ4n) is 1.64. The molecule has 0 aromatic heterocycles. The Kier molecular flexibility index (Phi) is 4.40. The van der Waals surface area contributed by atoms with Crippen molar-refractivity contribution in [2.24, 2.45) is 0 Å². The first-order valence-corrected chi connectivity index (χ1v) is 5.95. The Bertz CT molecular complexity index is 416. The molecule has 0 aliphatic rings. The summed E-state index contributed by atoms with van der Waals surface area (Å²) in [6.07, 6.45) is 0.321. The first-order valence-electron chi connectivity index (χ1n) is 5.58. The lowest BCUT2D eigenvalue weighted by Crippen LogP contribution is -2.23. The summed E-state index contributed by atoms with van der Waals surface area (Å²) in [5.74, 6) is -0.203. The van der Waals surface area contributed by atoms with Crippen LogP contribution in [0.15, 0.2) is 18.2 Å². The Morgan fingerprint density at radius 2 is 2.12 bits per heavy atom. The summed E-state index contributed by atoms with van der Waals surface area (Å²) in [4.78, 5) is 11.5. The topological polar surface area (TPSA) is 52.3 Å². The molecule has 0 unspecified atom stereocenters. The Labute approximate surface area is 107 Å². The van der Waals surface area contributed by atoms with Gasteiger partial charge < -0.3 is 10.5 Å².